The number of carbonyl (C=O) groups excluding carboxylic acids is 1. The lowest BCUT2D eigenvalue weighted by molar-refractivity contribution is -0.137. The zero-order valence-electron chi connectivity index (χ0n) is 15.7. The Kier molecular flexibility index (Phi) is 6.82. The number of nitrogens with one attached hydrogen (secondary N) is 2. The van der Waals surface area contributed by atoms with Gasteiger partial charge in [-0.3, -0.25) is 15.6 Å². The fraction of sp³-hybridized carbons (Fsp3) is 0.278. The normalized spacial score (nSPS) is 12.3. The van der Waals surface area contributed by atoms with E-state index < -0.39 is 27.7 Å². The second-order valence-electron chi connectivity index (χ2n) is 6.38. The molecule has 1 amide bonds. The maximum Gasteiger partial charge on any atom is 0.418 e. The molecule has 0 fully saturated rings. The number of benzene rings is 2. The van der Waals surface area contributed by atoms with Gasteiger partial charge in [-0.15, -0.1) is 0 Å². The first-order valence-corrected chi connectivity index (χ1v) is 10.2. The van der Waals surface area contributed by atoms with Crippen LogP contribution in [0.1, 0.15) is 29.8 Å². The van der Waals surface area contributed by atoms with E-state index >= 15 is 0 Å². The highest BCUT2D eigenvalue weighted by Crippen LogP contribution is 2.34. The summed E-state index contributed by atoms with van der Waals surface area (Å²) >= 11 is 5.99. The molecule has 0 spiro atoms. The number of rotatable bonds is 6. The zero-order valence-corrected chi connectivity index (χ0v) is 17.3. The molecule has 0 aliphatic heterocycles. The van der Waals surface area contributed by atoms with Crippen molar-refractivity contribution in [2.45, 2.75) is 31.0 Å². The number of nitrogens with zero attached hydrogens (tertiary/aromatic N) is 1. The first kappa shape index (κ1) is 23.0. The molecule has 2 aromatic rings. The average molecular weight is 450 g/mol. The monoisotopic (exact) mass is 449 g/mol. The molecule has 2 N–H and O–H groups in total. The highest BCUT2D eigenvalue weighted by Gasteiger charge is 2.33. The molecule has 0 unspecified atom stereocenters. The first-order chi connectivity index (χ1) is 13.4. The molecule has 0 radical (unpaired) electrons. The molecule has 0 bridgehead atoms. The van der Waals surface area contributed by atoms with Crippen molar-refractivity contribution in [2.24, 2.45) is 0 Å². The Morgan fingerprint density at radius 3 is 2.34 bits per heavy atom. The van der Waals surface area contributed by atoms with Crippen LogP contribution in [0.25, 0.3) is 0 Å². The van der Waals surface area contributed by atoms with Crippen molar-refractivity contribution in [1.82, 2.24) is 9.73 Å². The molecular weight excluding hydrogens is 431 g/mol. The maximum atomic E-state index is 13.0. The van der Waals surface area contributed by atoms with E-state index in [-0.39, 0.29) is 27.2 Å². The van der Waals surface area contributed by atoms with Crippen LogP contribution in [-0.2, 0) is 16.2 Å². The SMILES string of the molecule is CC(C)N(C)S(=O)(=O)c1ccc(Cl)c(C(=O)NNc2ccccc2C(F)(F)F)c1. The smallest absolute Gasteiger partial charge is 0.298 e. The van der Waals surface area contributed by atoms with E-state index in [2.05, 4.69) is 10.9 Å². The number of hydrazine groups is 1. The van der Waals surface area contributed by atoms with E-state index in [1.165, 1.54) is 31.3 Å². The Bertz CT molecular complexity index is 1010. The van der Waals surface area contributed by atoms with Gasteiger partial charge in [-0.2, -0.15) is 17.5 Å². The van der Waals surface area contributed by atoms with Crippen molar-refractivity contribution in [3.63, 3.8) is 0 Å². The fourth-order valence-corrected chi connectivity index (χ4v) is 3.91. The van der Waals surface area contributed by atoms with Crippen LogP contribution in [0, 0.1) is 0 Å². The van der Waals surface area contributed by atoms with Gasteiger partial charge in [-0.1, -0.05) is 23.7 Å². The summed E-state index contributed by atoms with van der Waals surface area (Å²) in [5, 5.41) is -0.0560. The minimum Gasteiger partial charge on any atom is -0.298 e. The number of sulfonamides is 1. The van der Waals surface area contributed by atoms with Gasteiger partial charge in [0.2, 0.25) is 10.0 Å². The number of alkyl halides is 3. The van der Waals surface area contributed by atoms with Crippen LogP contribution in [0.2, 0.25) is 5.02 Å². The molecule has 158 valence electrons. The predicted molar refractivity (Wildman–Crippen MR) is 104 cm³/mol. The van der Waals surface area contributed by atoms with Gasteiger partial charge in [-0.05, 0) is 44.2 Å². The van der Waals surface area contributed by atoms with Gasteiger partial charge in [0.05, 0.1) is 26.7 Å². The minimum absolute atomic E-state index is 0.0560. The van der Waals surface area contributed by atoms with Gasteiger partial charge < -0.3 is 0 Å². The Morgan fingerprint density at radius 1 is 1.14 bits per heavy atom. The summed E-state index contributed by atoms with van der Waals surface area (Å²) in [6, 6.07) is 7.82. The van der Waals surface area contributed by atoms with Gasteiger partial charge in [0, 0.05) is 13.1 Å². The molecule has 2 aromatic carbocycles. The van der Waals surface area contributed by atoms with Crippen LogP contribution in [0.4, 0.5) is 18.9 Å². The van der Waals surface area contributed by atoms with E-state index in [1.54, 1.807) is 13.8 Å². The number of anilines is 1. The molecular formula is C18H19ClF3N3O3S. The van der Waals surface area contributed by atoms with Gasteiger partial charge in [0.25, 0.3) is 5.91 Å². The summed E-state index contributed by atoms with van der Waals surface area (Å²) in [4.78, 5) is 12.3. The van der Waals surface area contributed by atoms with Crippen molar-refractivity contribution >= 4 is 33.2 Å². The van der Waals surface area contributed by atoms with Crippen molar-refractivity contribution in [3.8, 4) is 0 Å². The maximum absolute atomic E-state index is 13.0. The predicted octanol–water partition coefficient (Wildman–Crippen LogP) is 4.14. The molecule has 0 aliphatic carbocycles. The molecule has 2 rings (SSSR count). The summed E-state index contributed by atoms with van der Waals surface area (Å²) in [5.74, 6) is -0.892. The highest BCUT2D eigenvalue weighted by molar-refractivity contribution is 7.89. The van der Waals surface area contributed by atoms with E-state index in [4.69, 9.17) is 11.6 Å². The van der Waals surface area contributed by atoms with Crippen LogP contribution >= 0.6 is 11.6 Å². The third kappa shape index (κ3) is 5.20. The van der Waals surface area contributed by atoms with E-state index in [1.807, 2.05) is 0 Å². The van der Waals surface area contributed by atoms with Crippen LogP contribution in [0.15, 0.2) is 47.4 Å². The zero-order chi connectivity index (χ0) is 22.0. The largest absolute Gasteiger partial charge is 0.418 e. The number of hydrogen-bond acceptors (Lipinski definition) is 4. The molecule has 0 saturated heterocycles. The molecule has 0 atom stereocenters. The van der Waals surface area contributed by atoms with Gasteiger partial charge in [0.15, 0.2) is 0 Å². The van der Waals surface area contributed by atoms with E-state index in [9.17, 15) is 26.4 Å². The van der Waals surface area contributed by atoms with Crippen molar-refractivity contribution in [3.05, 3.63) is 58.6 Å². The fourth-order valence-electron chi connectivity index (χ4n) is 2.31. The van der Waals surface area contributed by atoms with Crippen LogP contribution in [-0.4, -0.2) is 31.7 Å². The summed E-state index contributed by atoms with van der Waals surface area (Å²) in [6.45, 7) is 3.37. The van der Waals surface area contributed by atoms with Crippen LogP contribution in [0.3, 0.4) is 0 Å². The first-order valence-electron chi connectivity index (χ1n) is 8.36. The van der Waals surface area contributed by atoms with Gasteiger partial charge >= 0.3 is 6.18 Å². The van der Waals surface area contributed by atoms with Crippen molar-refractivity contribution < 1.29 is 26.4 Å². The number of halogens is 4. The number of para-hydroxylation sites is 1. The van der Waals surface area contributed by atoms with Crippen molar-refractivity contribution in [1.29, 1.82) is 0 Å². The number of carbonyl (C=O) groups is 1. The van der Waals surface area contributed by atoms with Gasteiger partial charge in [-0.25, -0.2) is 8.42 Å². The molecule has 11 heteroatoms. The molecule has 0 saturated carbocycles. The Hall–Kier alpha value is -2.30. The van der Waals surface area contributed by atoms with Crippen LogP contribution in [0.5, 0.6) is 0 Å². The Morgan fingerprint density at radius 2 is 1.76 bits per heavy atom. The lowest BCUT2D eigenvalue weighted by atomic mass is 10.2. The third-order valence-electron chi connectivity index (χ3n) is 4.13. The minimum atomic E-state index is -4.62. The standard InChI is InChI=1S/C18H19ClF3N3O3S/c1-11(2)25(3)29(27,28)12-8-9-15(19)13(10-12)17(26)24-23-16-7-5-4-6-14(16)18(20,21)22/h4-11,23H,1-3H3,(H,24,26). The lowest BCUT2D eigenvalue weighted by Crippen LogP contribution is -2.34. The number of amides is 1. The van der Waals surface area contributed by atoms with E-state index in [0.717, 1.165) is 22.5 Å². The third-order valence-corrected chi connectivity index (χ3v) is 6.49. The van der Waals surface area contributed by atoms with Crippen molar-refractivity contribution in [2.75, 3.05) is 12.5 Å². The second kappa shape index (κ2) is 8.60. The second-order valence-corrected chi connectivity index (χ2v) is 8.78. The topological polar surface area (TPSA) is 78.5 Å². The molecule has 29 heavy (non-hydrogen) atoms. The lowest BCUT2D eigenvalue weighted by Gasteiger charge is -2.21. The van der Waals surface area contributed by atoms with Crippen LogP contribution < -0.4 is 10.9 Å². The number of hydrogen-bond donors (Lipinski definition) is 2. The molecule has 0 heterocycles. The van der Waals surface area contributed by atoms with Gasteiger partial charge in [0.1, 0.15) is 0 Å². The quantitative estimate of drug-likeness (QED) is 0.649. The Balaban J connectivity index is 2.29. The Labute approximate surface area is 171 Å². The summed E-state index contributed by atoms with van der Waals surface area (Å²) < 4.78 is 65.4. The molecule has 6 nitrogen and oxygen atoms in total. The summed E-state index contributed by atoms with van der Waals surface area (Å²) in [7, 11) is -2.49. The summed E-state index contributed by atoms with van der Waals surface area (Å²) in [6.07, 6.45) is -4.62. The molecule has 0 aromatic heterocycles. The average Bonchev–Trinajstić information content (AvgIpc) is 2.65. The molecule has 0 aliphatic rings. The summed E-state index contributed by atoms with van der Waals surface area (Å²) in [5.41, 5.74) is 2.78. The highest BCUT2D eigenvalue weighted by atomic mass is 35.5. The van der Waals surface area contributed by atoms with E-state index in [0.29, 0.717) is 0 Å².